The van der Waals surface area contributed by atoms with Gasteiger partial charge in [-0.05, 0) is 30.5 Å². The Bertz CT molecular complexity index is 252. The molecule has 3 radical (unpaired) electrons. The first-order valence-corrected chi connectivity index (χ1v) is 4.84. The largest absolute Gasteiger partial charge is 0.414 e. The number of hydrogen-bond donors (Lipinski definition) is 1. The lowest BCUT2D eigenvalue weighted by Gasteiger charge is -2.07. The van der Waals surface area contributed by atoms with Crippen molar-refractivity contribution in [1.82, 2.24) is 0 Å². The van der Waals surface area contributed by atoms with Crippen LogP contribution in [0.3, 0.4) is 0 Å². The second-order valence-electron chi connectivity index (χ2n) is 2.95. The van der Waals surface area contributed by atoms with Crippen molar-refractivity contribution in [2.24, 2.45) is 5.73 Å². The van der Waals surface area contributed by atoms with E-state index in [4.69, 9.17) is 10.2 Å². The standard InChI is InChI=1S/C10H14NOSi/c11-7-3-6-9-4-1-2-5-10(9)8-12-13/h1-2,4-5H,3,6-8,11H2. The summed E-state index contributed by atoms with van der Waals surface area (Å²) in [7, 11) is 3.01. The zero-order valence-electron chi connectivity index (χ0n) is 7.62. The van der Waals surface area contributed by atoms with Gasteiger partial charge in [0.15, 0.2) is 0 Å². The first kappa shape index (κ1) is 10.4. The van der Waals surface area contributed by atoms with Crippen molar-refractivity contribution in [3.05, 3.63) is 35.4 Å². The van der Waals surface area contributed by atoms with E-state index in [2.05, 4.69) is 22.6 Å². The van der Waals surface area contributed by atoms with E-state index in [0.717, 1.165) is 19.4 Å². The second kappa shape index (κ2) is 5.91. The molecule has 0 aromatic heterocycles. The zero-order chi connectivity index (χ0) is 9.52. The molecule has 0 aliphatic heterocycles. The van der Waals surface area contributed by atoms with Crippen molar-refractivity contribution < 1.29 is 4.43 Å². The molecule has 69 valence electrons. The molecule has 2 nitrogen and oxygen atoms in total. The lowest BCUT2D eigenvalue weighted by molar-refractivity contribution is 0.337. The molecule has 1 aromatic rings. The van der Waals surface area contributed by atoms with E-state index in [9.17, 15) is 0 Å². The van der Waals surface area contributed by atoms with Gasteiger partial charge in [0.25, 0.3) is 0 Å². The molecule has 0 fully saturated rings. The molecule has 0 heterocycles. The Hall–Kier alpha value is -0.643. The van der Waals surface area contributed by atoms with E-state index in [0.29, 0.717) is 6.61 Å². The molecule has 0 unspecified atom stereocenters. The molecule has 2 N–H and O–H groups in total. The van der Waals surface area contributed by atoms with Gasteiger partial charge in [-0.3, -0.25) is 0 Å². The molecule has 1 aromatic carbocycles. The minimum Gasteiger partial charge on any atom is -0.414 e. The summed E-state index contributed by atoms with van der Waals surface area (Å²) in [6.45, 7) is 1.35. The number of benzene rings is 1. The average molecular weight is 192 g/mol. The fourth-order valence-corrected chi connectivity index (χ4v) is 1.47. The van der Waals surface area contributed by atoms with E-state index < -0.39 is 0 Å². The molecule has 0 bridgehead atoms. The maximum atomic E-state index is 5.46. The lowest BCUT2D eigenvalue weighted by Crippen LogP contribution is -2.02. The number of nitrogens with two attached hydrogens (primary N) is 1. The summed E-state index contributed by atoms with van der Waals surface area (Å²) in [4.78, 5) is 0. The van der Waals surface area contributed by atoms with E-state index in [1.807, 2.05) is 12.1 Å². The monoisotopic (exact) mass is 192 g/mol. The molecule has 0 aliphatic rings. The Kier molecular flexibility index (Phi) is 4.75. The summed E-state index contributed by atoms with van der Waals surface area (Å²) in [5.41, 5.74) is 8.01. The van der Waals surface area contributed by atoms with Crippen LogP contribution in [0.15, 0.2) is 24.3 Å². The van der Waals surface area contributed by atoms with Gasteiger partial charge >= 0.3 is 0 Å². The highest BCUT2D eigenvalue weighted by Crippen LogP contribution is 2.11. The zero-order valence-corrected chi connectivity index (χ0v) is 8.62. The number of hydrogen-bond acceptors (Lipinski definition) is 2. The highest BCUT2D eigenvalue weighted by molar-refractivity contribution is 5.97. The van der Waals surface area contributed by atoms with Crippen molar-refractivity contribution in [1.29, 1.82) is 0 Å². The van der Waals surface area contributed by atoms with E-state index >= 15 is 0 Å². The van der Waals surface area contributed by atoms with Gasteiger partial charge in [-0.1, -0.05) is 24.3 Å². The third-order valence-electron chi connectivity index (χ3n) is 2.00. The SMILES string of the molecule is NCCCc1ccccc1CO[Si]. The van der Waals surface area contributed by atoms with Gasteiger partial charge in [0.2, 0.25) is 10.5 Å². The molecular weight excluding hydrogens is 178 g/mol. The van der Waals surface area contributed by atoms with Gasteiger partial charge < -0.3 is 10.2 Å². The molecule has 13 heavy (non-hydrogen) atoms. The van der Waals surface area contributed by atoms with Crippen molar-refractivity contribution >= 4 is 10.5 Å². The highest BCUT2D eigenvalue weighted by Gasteiger charge is 1.99. The third-order valence-corrected chi connectivity index (χ3v) is 2.14. The first-order chi connectivity index (χ1) is 6.38. The second-order valence-corrected chi connectivity index (χ2v) is 3.24. The van der Waals surface area contributed by atoms with Crippen molar-refractivity contribution in [2.45, 2.75) is 19.4 Å². The Morgan fingerprint density at radius 3 is 2.54 bits per heavy atom. The van der Waals surface area contributed by atoms with Crippen LogP contribution in [0.25, 0.3) is 0 Å². The quantitative estimate of drug-likeness (QED) is 0.711. The highest BCUT2D eigenvalue weighted by atomic mass is 28.2. The van der Waals surface area contributed by atoms with Gasteiger partial charge in [-0.25, -0.2) is 0 Å². The predicted octanol–water partition coefficient (Wildman–Crippen LogP) is 1.18. The van der Waals surface area contributed by atoms with Crippen LogP contribution in [0.1, 0.15) is 17.5 Å². The van der Waals surface area contributed by atoms with E-state index in [-0.39, 0.29) is 0 Å². The van der Waals surface area contributed by atoms with E-state index in [1.165, 1.54) is 11.1 Å². The topological polar surface area (TPSA) is 35.2 Å². The number of aryl methyl sites for hydroxylation is 1. The van der Waals surface area contributed by atoms with E-state index in [1.54, 1.807) is 0 Å². The van der Waals surface area contributed by atoms with Crippen LogP contribution in [0.2, 0.25) is 0 Å². The summed E-state index contributed by atoms with van der Waals surface area (Å²) in [5.74, 6) is 0. The Morgan fingerprint density at radius 2 is 1.92 bits per heavy atom. The summed E-state index contributed by atoms with van der Waals surface area (Å²) < 4.78 is 4.92. The van der Waals surface area contributed by atoms with Gasteiger partial charge in [0.1, 0.15) is 0 Å². The van der Waals surface area contributed by atoms with Crippen molar-refractivity contribution in [3.63, 3.8) is 0 Å². The smallest absolute Gasteiger partial charge is 0.246 e. The first-order valence-electron chi connectivity index (χ1n) is 4.44. The lowest BCUT2D eigenvalue weighted by atomic mass is 10.0. The summed E-state index contributed by atoms with van der Waals surface area (Å²) >= 11 is 0. The average Bonchev–Trinajstić information content (AvgIpc) is 2.17. The van der Waals surface area contributed by atoms with Crippen LogP contribution in [-0.2, 0) is 17.5 Å². The molecule has 3 heteroatoms. The molecular formula is C10H14NOSi. The summed E-state index contributed by atoms with van der Waals surface area (Å²) in [5, 5.41) is 0. The Morgan fingerprint density at radius 1 is 1.23 bits per heavy atom. The van der Waals surface area contributed by atoms with Crippen molar-refractivity contribution in [2.75, 3.05) is 6.54 Å². The third kappa shape index (κ3) is 3.30. The molecule has 1 rings (SSSR count). The van der Waals surface area contributed by atoms with Crippen LogP contribution in [0, 0.1) is 0 Å². The molecule has 0 spiro atoms. The maximum absolute atomic E-state index is 5.46. The van der Waals surface area contributed by atoms with Crippen molar-refractivity contribution in [3.8, 4) is 0 Å². The fourth-order valence-electron chi connectivity index (χ4n) is 1.31. The van der Waals surface area contributed by atoms with Gasteiger partial charge in [0.05, 0.1) is 6.61 Å². The Balaban J connectivity index is 2.66. The summed E-state index contributed by atoms with van der Waals surface area (Å²) in [6, 6.07) is 8.26. The van der Waals surface area contributed by atoms with Gasteiger partial charge in [0, 0.05) is 0 Å². The molecule has 0 atom stereocenters. The van der Waals surface area contributed by atoms with Crippen LogP contribution in [0.4, 0.5) is 0 Å². The van der Waals surface area contributed by atoms with Crippen LogP contribution >= 0.6 is 0 Å². The van der Waals surface area contributed by atoms with Crippen LogP contribution < -0.4 is 5.73 Å². The van der Waals surface area contributed by atoms with Gasteiger partial charge in [-0.15, -0.1) is 0 Å². The minimum absolute atomic E-state index is 0.609. The van der Waals surface area contributed by atoms with Gasteiger partial charge in [-0.2, -0.15) is 0 Å². The minimum atomic E-state index is 0.609. The molecule has 0 saturated carbocycles. The van der Waals surface area contributed by atoms with Crippen LogP contribution in [-0.4, -0.2) is 17.0 Å². The molecule has 0 saturated heterocycles. The molecule has 0 aliphatic carbocycles. The van der Waals surface area contributed by atoms with Crippen LogP contribution in [0.5, 0.6) is 0 Å². The Labute approximate surface area is 82.6 Å². The maximum Gasteiger partial charge on any atom is 0.246 e. The number of rotatable bonds is 5. The normalized spacial score (nSPS) is 10.3. The molecule has 0 amide bonds. The fraction of sp³-hybridized carbons (Fsp3) is 0.400. The predicted molar refractivity (Wildman–Crippen MR) is 54.4 cm³/mol. The summed E-state index contributed by atoms with van der Waals surface area (Å²) in [6.07, 6.45) is 2.06.